The van der Waals surface area contributed by atoms with Crippen molar-refractivity contribution in [1.29, 1.82) is 0 Å². The molecule has 34 heavy (non-hydrogen) atoms. The molecule has 8 nitrogen and oxygen atoms in total. The van der Waals surface area contributed by atoms with Crippen LogP contribution in [0.3, 0.4) is 0 Å². The summed E-state index contributed by atoms with van der Waals surface area (Å²) in [4.78, 5) is 38.3. The average Bonchev–Trinajstić information content (AvgIpc) is 2.85. The van der Waals surface area contributed by atoms with Crippen molar-refractivity contribution in [2.75, 3.05) is 36.4 Å². The molecular formula is C26H25N5O3. The Bertz CT molecular complexity index is 1410. The van der Waals surface area contributed by atoms with Crippen LogP contribution in [0.4, 0.5) is 17.3 Å². The molecule has 0 spiro atoms. The smallest absolute Gasteiger partial charge is 0.289 e. The molecule has 2 aromatic heterocycles. The zero-order chi connectivity index (χ0) is 23.7. The lowest BCUT2D eigenvalue weighted by Gasteiger charge is -2.35. The van der Waals surface area contributed by atoms with Gasteiger partial charge in [0.2, 0.25) is 0 Å². The third-order valence-corrected chi connectivity index (χ3v) is 5.88. The first kappa shape index (κ1) is 21.6. The number of aromatic nitrogens is 2. The molecule has 0 atom stereocenters. The number of nitrogens with zero attached hydrogens (tertiary/aromatic N) is 4. The molecule has 0 aliphatic carbocycles. The molecule has 0 bridgehead atoms. The third kappa shape index (κ3) is 4.47. The summed E-state index contributed by atoms with van der Waals surface area (Å²) in [5, 5.41) is 3.81. The standard InChI is InChI=1S/C26H25N5O3/c1-17-7-9-19(10-8-17)29-24-16-25(28-18(2)27-24)30-11-13-31(14-12-30)26(33)23-15-21(32)20-5-3-4-6-22(20)34-23/h3-10,15-16H,11-14H2,1-2H3,(H,27,28,29). The van der Waals surface area contributed by atoms with E-state index in [9.17, 15) is 9.59 Å². The van der Waals surface area contributed by atoms with Gasteiger partial charge in [-0.05, 0) is 38.1 Å². The Morgan fingerprint density at radius 2 is 1.68 bits per heavy atom. The Hall–Kier alpha value is -4.20. The summed E-state index contributed by atoms with van der Waals surface area (Å²) in [5.41, 5.74) is 2.36. The van der Waals surface area contributed by atoms with Crippen LogP contribution >= 0.6 is 0 Å². The number of anilines is 3. The van der Waals surface area contributed by atoms with Crippen LogP contribution in [0.2, 0.25) is 0 Å². The van der Waals surface area contributed by atoms with E-state index in [-0.39, 0.29) is 17.1 Å². The van der Waals surface area contributed by atoms with Gasteiger partial charge >= 0.3 is 0 Å². The van der Waals surface area contributed by atoms with Crippen LogP contribution in [0.15, 0.2) is 69.9 Å². The van der Waals surface area contributed by atoms with Gasteiger partial charge in [0.05, 0.1) is 5.39 Å². The van der Waals surface area contributed by atoms with E-state index in [0.717, 1.165) is 17.3 Å². The summed E-state index contributed by atoms with van der Waals surface area (Å²) in [5.74, 6) is 2.00. The number of carbonyl (C=O) groups is 1. The lowest BCUT2D eigenvalue weighted by molar-refractivity contribution is 0.0715. The van der Waals surface area contributed by atoms with Crippen molar-refractivity contribution < 1.29 is 9.21 Å². The molecular weight excluding hydrogens is 430 g/mol. The molecule has 1 saturated heterocycles. The number of carbonyl (C=O) groups excluding carboxylic acids is 1. The maximum Gasteiger partial charge on any atom is 0.289 e. The number of fused-ring (bicyclic) bond motifs is 1. The zero-order valence-electron chi connectivity index (χ0n) is 19.1. The van der Waals surface area contributed by atoms with E-state index in [0.29, 0.717) is 43.0 Å². The fraction of sp³-hybridized carbons (Fsp3) is 0.231. The van der Waals surface area contributed by atoms with Gasteiger partial charge in [0.1, 0.15) is 23.0 Å². The lowest BCUT2D eigenvalue weighted by Crippen LogP contribution is -2.49. The number of hydrogen-bond donors (Lipinski definition) is 1. The lowest BCUT2D eigenvalue weighted by atomic mass is 10.2. The summed E-state index contributed by atoms with van der Waals surface area (Å²) >= 11 is 0. The molecule has 2 aromatic carbocycles. The Kier molecular flexibility index (Phi) is 5.71. The highest BCUT2D eigenvalue weighted by molar-refractivity contribution is 5.93. The van der Waals surface area contributed by atoms with Gasteiger partial charge < -0.3 is 19.5 Å². The summed E-state index contributed by atoms with van der Waals surface area (Å²) in [6, 6.07) is 18.3. The van der Waals surface area contributed by atoms with Crippen LogP contribution in [-0.4, -0.2) is 47.0 Å². The van der Waals surface area contributed by atoms with Gasteiger partial charge in [-0.15, -0.1) is 0 Å². The predicted molar refractivity (Wildman–Crippen MR) is 132 cm³/mol. The fourth-order valence-corrected chi connectivity index (χ4v) is 4.07. The molecule has 1 amide bonds. The minimum Gasteiger partial charge on any atom is -0.451 e. The Morgan fingerprint density at radius 1 is 0.941 bits per heavy atom. The number of amides is 1. The van der Waals surface area contributed by atoms with Crippen LogP contribution < -0.4 is 15.6 Å². The van der Waals surface area contributed by atoms with E-state index in [1.807, 2.05) is 37.3 Å². The molecule has 0 radical (unpaired) electrons. The van der Waals surface area contributed by atoms with Crippen molar-refractivity contribution in [2.24, 2.45) is 0 Å². The first-order valence-corrected chi connectivity index (χ1v) is 11.2. The highest BCUT2D eigenvalue weighted by Gasteiger charge is 2.25. The molecule has 5 rings (SSSR count). The van der Waals surface area contributed by atoms with Crippen molar-refractivity contribution in [1.82, 2.24) is 14.9 Å². The topological polar surface area (TPSA) is 91.6 Å². The number of para-hydroxylation sites is 1. The van der Waals surface area contributed by atoms with Crippen LogP contribution in [0, 0.1) is 13.8 Å². The second-order valence-electron chi connectivity index (χ2n) is 8.40. The Morgan fingerprint density at radius 3 is 2.44 bits per heavy atom. The molecule has 3 heterocycles. The molecule has 0 unspecified atom stereocenters. The monoisotopic (exact) mass is 455 g/mol. The molecule has 1 aliphatic heterocycles. The van der Waals surface area contributed by atoms with Crippen LogP contribution in [-0.2, 0) is 0 Å². The van der Waals surface area contributed by atoms with Crippen molar-refractivity contribution in [3.63, 3.8) is 0 Å². The third-order valence-electron chi connectivity index (χ3n) is 5.88. The average molecular weight is 456 g/mol. The van der Waals surface area contributed by atoms with E-state index in [4.69, 9.17) is 4.42 Å². The van der Waals surface area contributed by atoms with E-state index in [1.54, 1.807) is 29.2 Å². The number of nitrogens with one attached hydrogen (secondary N) is 1. The maximum absolute atomic E-state index is 13.0. The number of benzene rings is 2. The summed E-state index contributed by atoms with van der Waals surface area (Å²) in [7, 11) is 0. The molecule has 172 valence electrons. The molecule has 8 heteroatoms. The van der Waals surface area contributed by atoms with Crippen molar-refractivity contribution in [3.05, 3.63) is 88.0 Å². The van der Waals surface area contributed by atoms with Crippen LogP contribution in [0.25, 0.3) is 11.0 Å². The van der Waals surface area contributed by atoms with E-state index < -0.39 is 0 Å². The largest absolute Gasteiger partial charge is 0.451 e. The molecule has 1 N–H and O–H groups in total. The van der Waals surface area contributed by atoms with Gasteiger partial charge in [0.25, 0.3) is 5.91 Å². The SMILES string of the molecule is Cc1ccc(Nc2cc(N3CCN(C(=O)c4cc(=O)c5ccccc5o4)CC3)nc(C)n2)cc1. The number of hydrogen-bond acceptors (Lipinski definition) is 7. The van der Waals surface area contributed by atoms with Gasteiger partial charge in [-0.1, -0.05) is 29.8 Å². The second-order valence-corrected chi connectivity index (χ2v) is 8.40. The van der Waals surface area contributed by atoms with Gasteiger partial charge in [0, 0.05) is 44.0 Å². The maximum atomic E-state index is 13.0. The summed E-state index contributed by atoms with van der Waals surface area (Å²) < 4.78 is 5.73. The van der Waals surface area contributed by atoms with Crippen molar-refractivity contribution >= 4 is 34.2 Å². The summed E-state index contributed by atoms with van der Waals surface area (Å²) in [6.07, 6.45) is 0. The first-order chi connectivity index (χ1) is 16.5. The van der Waals surface area contributed by atoms with Crippen molar-refractivity contribution in [2.45, 2.75) is 13.8 Å². The molecule has 4 aromatic rings. The Labute approximate surface area is 196 Å². The van der Waals surface area contributed by atoms with Crippen LogP contribution in [0.1, 0.15) is 21.9 Å². The minimum absolute atomic E-state index is 0.0691. The Balaban J connectivity index is 1.29. The van der Waals surface area contributed by atoms with Gasteiger partial charge in [0.15, 0.2) is 11.2 Å². The number of aryl methyl sites for hydroxylation is 2. The number of piperazine rings is 1. The van der Waals surface area contributed by atoms with Gasteiger partial charge in [-0.3, -0.25) is 9.59 Å². The predicted octanol–water partition coefficient (Wildman–Crippen LogP) is 3.91. The van der Waals surface area contributed by atoms with E-state index in [2.05, 4.69) is 27.1 Å². The minimum atomic E-state index is -0.275. The zero-order valence-corrected chi connectivity index (χ0v) is 19.1. The number of rotatable bonds is 4. The van der Waals surface area contributed by atoms with Gasteiger partial charge in [-0.25, -0.2) is 9.97 Å². The quantitative estimate of drug-likeness (QED) is 0.499. The molecule has 1 fully saturated rings. The normalized spacial score (nSPS) is 13.8. The second kappa shape index (κ2) is 8.97. The van der Waals surface area contributed by atoms with Gasteiger partial charge in [-0.2, -0.15) is 0 Å². The highest BCUT2D eigenvalue weighted by atomic mass is 16.3. The first-order valence-electron chi connectivity index (χ1n) is 11.2. The van der Waals surface area contributed by atoms with Crippen molar-refractivity contribution in [3.8, 4) is 0 Å². The van der Waals surface area contributed by atoms with E-state index in [1.165, 1.54) is 11.6 Å². The summed E-state index contributed by atoms with van der Waals surface area (Å²) in [6.45, 7) is 6.15. The molecule has 1 aliphatic rings. The fourth-order valence-electron chi connectivity index (χ4n) is 4.07. The van der Waals surface area contributed by atoms with E-state index >= 15 is 0 Å². The molecule has 0 saturated carbocycles. The van der Waals surface area contributed by atoms with Crippen LogP contribution in [0.5, 0.6) is 0 Å². The highest BCUT2D eigenvalue weighted by Crippen LogP contribution is 2.22.